The van der Waals surface area contributed by atoms with Crippen molar-refractivity contribution in [2.45, 2.75) is 77.2 Å². The SMILES string of the molecule is CCC(NC1CC(C)(C)NC(C)(C)C1)N(C)C. The first-order chi connectivity index (χ1) is 7.65. The van der Waals surface area contributed by atoms with Crippen molar-refractivity contribution < 1.29 is 0 Å². The summed E-state index contributed by atoms with van der Waals surface area (Å²) in [5, 5.41) is 7.53. The summed E-state index contributed by atoms with van der Waals surface area (Å²) in [6, 6.07) is 0.605. The van der Waals surface area contributed by atoms with E-state index in [1.165, 1.54) is 12.8 Å². The van der Waals surface area contributed by atoms with Crippen LogP contribution in [0.25, 0.3) is 0 Å². The molecule has 1 unspecified atom stereocenters. The van der Waals surface area contributed by atoms with Crippen LogP contribution in [0.5, 0.6) is 0 Å². The first-order valence-corrected chi connectivity index (χ1v) is 6.87. The molecule has 0 bridgehead atoms. The molecular formula is C14H31N3. The molecule has 1 rings (SSSR count). The molecule has 3 nitrogen and oxygen atoms in total. The van der Waals surface area contributed by atoms with Crippen LogP contribution in [0.4, 0.5) is 0 Å². The van der Waals surface area contributed by atoms with Crippen LogP contribution < -0.4 is 10.6 Å². The maximum absolute atomic E-state index is 3.80. The molecule has 1 saturated heterocycles. The minimum Gasteiger partial charge on any atom is -0.307 e. The molecule has 0 amide bonds. The average molecular weight is 241 g/mol. The van der Waals surface area contributed by atoms with Crippen molar-refractivity contribution >= 4 is 0 Å². The van der Waals surface area contributed by atoms with Gasteiger partial charge in [-0.2, -0.15) is 0 Å². The maximum Gasteiger partial charge on any atom is 0.0591 e. The third kappa shape index (κ3) is 4.57. The average Bonchev–Trinajstić information content (AvgIpc) is 2.08. The van der Waals surface area contributed by atoms with Crippen LogP contribution in [0.3, 0.4) is 0 Å². The summed E-state index contributed by atoms with van der Waals surface area (Å²) in [4.78, 5) is 2.28. The van der Waals surface area contributed by atoms with E-state index in [0.717, 1.165) is 6.42 Å². The number of nitrogens with one attached hydrogen (secondary N) is 2. The van der Waals surface area contributed by atoms with Crippen molar-refractivity contribution in [1.29, 1.82) is 0 Å². The second-order valence-corrected chi connectivity index (χ2v) is 7.05. The first-order valence-electron chi connectivity index (χ1n) is 6.87. The predicted molar refractivity (Wildman–Crippen MR) is 75.2 cm³/mol. The van der Waals surface area contributed by atoms with E-state index in [2.05, 4.69) is 64.2 Å². The van der Waals surface area contributed by atoms with Crippen molar-refractivity contribution in [2.75, 3.05) is 14.1 Å². The van der Waals surface area contributed by atoms with E-state index in [0.29, 0.717) is 12.2 Å². The van der Waals surface area contributed by atoms with E-state index in [1.54, 1.807) is 0 Å². The minimum absolute atomic E-state index is 0.226. The second-order valence-electron chi connectivity index (χ2n) is 7.05. The van der Waals surface area contributed by atoms with Gasteiger partial charge in [0.05, 0.1) is 6.17 Å². The molecule has 1 aliphatic heterocycles. The molecule has 1 aliphatic rings. The van der Waals surface area contributed by atoms with Gasteiger partial charge in [-0.1, -0.05) is 6.92 Å². The van der Waals surface area contributed by atoms with Gasteiger partial charge in [0.15, 0.2) is 0 Å². The fourth-order valence-corrected chi connectivity index (χ4v) is 3.34. The lowest BCUT2D eigenvalue weighted by Gasteiger charge is -2.48. The Balaban J connectivity index is 2.65. The molecule has 0 spiro atoms. The third-order valence-corrected chi connectivity index (χ3v) is 3.63. The molecule has 1 fully saturated rings. The zero-order valence-corrected chi connectivity index (χ0v) is 12.7. The zero-order chi connectivity index (χ0) is 13.3. The highest BCUT2D eigenvalue weighted by Crippen LogP contribution is 2.28. The standard InChI is InChI=1S/C14H31N3/c1-8-12(17(6)7)15-11-9-13(2,3)16-14(4,5)10-11/h11-12,15-16H,8-10H2,1-7H3. The second kappa shape index (κ2) is 5.25. The Morgan fingerprint density at radius 1 is 1.18 bits per heavy atom. The lowest BCUT2D eigenvalue weighted by molar-refractivity contribution is 0.115. The van der Waals surface area contributed by atoms with Crippen LogP contribution >= 0.6 is 0 Å². The van der Waals surface area contributed by atoms with Crippen molar-refractivity contribution in [2.24, 2.45) is 0 Å². The summed E-state index contributed by atoms with van der Waals surface area (Å²) in [5.41, 5.74) is 0.452. The highest BCUT2D eigenvalue weighted by molar-refractivity contribution is 4.99. The molecule has 0 aliphatic carbocycles. The van der Waals surface area contributed by atoms with Crippen molar-refractivity contribution in [3.63, 3.8) is 0 Å². The fourth-order valence-electron chi connectivity index (χ4n) is 3.34. The molecule has 1 heterocycles. The molecule has 17 heavy (non-hydrogen) atoms. The van der Waals surface area contributed by atoms with Gasteiger partial charge in [0.25, 0.3) is 0 Å². The van der Waals surface area contributed by atoms with Crippen molar-refractivity contribution in [3.05, 3.63) is 0 Å². The number of piperidine rings is 1. The van der Waals surface area contributed by atoms with Crippen LogP contribution in [0, 0.1) is 0 Å². The highest BCUT2D eigenvalue weighted by atomic mass is 15.2. The molecule has 0 saturated carbocycles. The lowest BCUT2D eigenvalue weighted by atomic mass is 9.79. The zero-order valence-electron chi connectivity index (χ0n) is 12.7. The molecule has 3 heteroatoms. The molecule has 0 aromatic rings. The minimum atomic E-state index is 0.226. The molecular weight excluding hydrogens is 210 g/mol. The van der Waals surface area contributed by atoms with Gasteiger partial charge in [0.1, 0.15) is 0 Å². The number of rotatable bonds is 4. The molecule has 0 aromatic carbocycles. The summed E-state index contributed by atoms with van der Waals surface area (Å²) >= 11 is 0. The first kappa shape index (κ1) is 14.9. The quantitative estimate of drug-likeness (QED) is 0.739. The maximum atomic E-state index is 3.80. The van der Waals surface area contributed by atoms with Crippen LogP contribution in [0.2, 0.25) is 0 Å². The molecule has 2 N–H and O–H groups in total. The largest absolute Gasteiger partial charge is 0.307 e. The number of hydrogen-bond acceptors (Lipinski definition) is 3. The van der Waals surface area contributed by atoms with Crippen LogP contribution in [-0.2, 0) is 0 Å². The van der Waals surface area contributed by atoms with E-state index in [4.69, 9.17) is 0 Å². The Kier molecular flexibility index (Phi) is 4.61. The topological polar surface area (TPSA) is 27.3 Å². The van der Waals surface area contributed by atoms with Gasteiger partial charge in [0.2, 0.25) is 0 Å². The van der Waals surface area contributed by atoms with Gasteiger partial charge < -0.3 is 5.32 Å². The molecule has 1 atom stereocenters. The predicted octanol–water partition coefficient (Wildman–Crippen LogP) is 2.18. The van der Waals surface area contributed by atoms with Crippen LogP contribution in [0.1, 0.15) is 53.9 Å². The van der Waals surface area contributed by atoms with Crippen molar-refractivity contribution in [1.82, 2.24) is 15.5 Å². The fraction of sp³-hybridized carbons (Fsp3) is 1.00. The lowest BCUT2D eigenvalue weighted by Crippen LogP contribution is -2.63. The van der Waals surface area contributed by atoms with E-state index < -0.39 is 0 Å². The van der Waals surface area contributed by atoms with E-state index >= 15 is 0 Å². The van der Waals surface area contributed by atoms with Gasteiger partial charge >= 0.3 is 0 Å². The van der Waals surface area contributed by atoms with Gasteiger partial charge in [0, 0.05) is 17.1 Å². The van der Waals surface area contributed by atoms with Gasteiger partial charge in [-0.25, -0.2) is 0 Å². The highest BCUT2D eigenvalue weighted by Gasteiger charge is 2.38. The summed E-state index contributed by atoms with van der Waals surface area (Å²) in [6.45, 7) is 11.5. The summed E-state index contributed by atoms with van der Waals surface area (Å²) in [6.07, 6.45) is 4.03. The van der Waals surface area contributed by atoms with Crippen LogP contribution in [-0.4, -0.2) is 42.3 Å². The molecule has 0 aromatic heterocycles. The molecule has 0 radical (unpaired) electrons. The Morgan fingerprint density at radius 3 is 2.00 bits per heavy atom. The Labute approximate surface area is 107 Å². The summed E-state index contributed by atoms with van der Waals surface area (Å²) < 4.78 is 0. The summed E-state index contributed by atoms with van der Waals surface area (Å²) in [7, 11) is 4.30. The number of hydrogen-bond donors (Lipinski definition) is 2. The van der Waals surface area contributed by atoms with E-state index in [1.807, 2.05) is 0 Å². The van der Waals surface area contributed by atoms with Crippen LogP contribution in [0.15, 0.2) is 0 Å². The summed E-state index contributed by atoms with van der Waals surface area (Å²) in [5.74, 6) is 0. The van der Waals surface area contributed by atoms with Crippen molar-refractivity contribution in [3.8, 4) is 0 Å². The van der Waals surface area contributed by atoms with Gasteiger partial charge in [-0.05, 0) is 61.1 Å². The van der Waals surface area contributed by atoms with E-state index in [-0.39, 0.29) is 11.1 Å². The Hall–Kier alpha value is -0.120. The normalized spacial score (nSPS) is 26.1. The van der Waals surface area contributed by atoms with Gasteiger partial charge in [-0.3, -0.25) is 10.2 Å². The van der Waals surface area contributed by atoms with E-state index in [9.17, 15) is 0 Å². The number of nitrogens with zero attached hydrogens (tertiary/aromatic N) is 1. The Bertz CT molecular complexity index is 230. The smallest absolute Gasteiger partial charge is 0.0591 e. The Morgan fingerprint density at radius 2 is 1.65 bits per heavy atom. The molecule has 102 valence electrons. The monoisotopic (exact) mass is 241 g/mol. The third-order valence-electron chi connectivity index (χ3n) is 3.63. The van der Waals surface area contributed by atoms with Gasteiger partial charge in [-0.15, -0.1) is 0 Å².